The van der Waals surface area contributed by atoms with Crippen LogP contribution >= 0.6 is 15.9 Å². The van der Waals surface area contributed by atoms with Crippen molar-refractivity contribution in [3.05, 3.63) is 58.1 Å². The molecular formula is C20H26BrClN3O-. The zero-order valence-corrected chi connectivity index (χ0v) is 17.8. The number of carbonyl (C=O) groups excluding carboxylic acids is 1. The van der Waals surface area contributed by atoms with Gasteiger partial charge in [0, 0.05) is 35.5 Å². The van der Waals surface area contributed by atoms with Gasteiger partial charge in [-0.2, -0.15) is 0 Å². The summed E-state index contributed by atoms with van der Waals surface area (Å²) in [6, 6.07) is 14.0. The molecule has 2 rings (SSSR count). The van der Waals surface area contributed by atoms with Crippen LogP contribution in [0, 0.1) is 6.92 Å². The van der Waals surface area contributed by atoms with Crippen molar-refractivity contribution in [1.29, 1.82) is 0 Å². The molecule has 0 aliphatic carbocycles. The van der Waals surface area contributed by atoms with E-state index in [1.165, 1.54) is 11.3 Å². The number of halogens is 2. The Hall–Kier alpha value is -1.72. The first kappa shape index (κ1) is 22.3. The number of urea groups is 1. The Morgan fingerprint density at radius 2 is 1.81 bits per heavy atom. The number of nitrogens with zero attached hydrogens (tertiary/aromatic N) is 1. The van der Waals surface area contributed by atoms with Crippen molar-refractivity contribution >= 4 is 33.3 Å². The molecular weight excluding hydrogens is 414 g/mol. The number of anilines is 2. The third-order valence-corrected chi connectivity index (χ3v) is 5.00. The fourth-order valence-corrected chi connectivity index (χ4v) is 3.23. The molecule has 0 fully saturated rings. The number of aryl methyl sites for hydroxylation is 1. The first-order valence-electron chi connectivity index (χ1n) is 8.69. The molecule has 0 heterocycles. The monoisotopic (exact) mass is 438 g/mol. The molecule has 0 aromatic heterocycles. The van der Waals surface area contributed by atoms with Gasteiger partial charge in [0.1, 0.15) is 0 Å². The van der Waals surface area contributed by atoms with Crippen LogP contribution in [0.15, 0.2) is 46.9 Å². The molecule has 2 aromatic rings. The molecule has 0 atom stereocenters. The van der Waals surface area contributed by atoms with Crippen LogP contribution in [-0.2, 0) is 6.42 Å². The topological polar surface area (TPSA) is 44.4 Å². The van der Waals surface area contributed by atoms with E-state index in [0.29, 0.717) is 6.54 Å². The van der Waals surface area contributed by atoms with Crippen molar-refractivity contribution in [2.75, 3.05) is 29.9 Å². The van der Waals surface area contributed by atoms with E-state index in [4.69, 9.17) is 0 Å². The lowest BCUT2D eigenvalue weighted by Gasteiger charge is -2.22. The Bertz CT molecular complexity index is 720. The molecule has 2 amide bonds. The van der Waals surface area contributed by atoms with Crippen molar-refractivity contribution in [1.82, 2.24) is 5.32 Å². The summed E-state index contributed by atoms with van der Waals surface area (Å²) in [6.07, 6.45) is 0.786. The largest absolute Gasteiger partial charge is 1.00 e. The second-order valence-electron chi connectivity index (χ2n) is 5.89. The maximum Gasteiger partial charge on any atom is 0.319 e. The summed E-state index contributed by atoms with van der Waals surface area (Å²) in [5.41, 5.74) is 4.27. The van der Waals surface area contributed by atoms with Gasteiger partial charge in [-0.15, -0.1) is 0 Å². The van der Waals surface area contributed by atoms with Gasteiger partial charge in [0.15, 0.2) is 0 Å². The van der Waals surface area contributed by atoms with Crippen LogP contribution in [0.5, 0.6) is 0 Å². The second-order valence-corrected chi connectivity index (χ2v) is 6.75. The average Bonchev–Trinajstić information content (AvgIpc) is 2.60. The molecule has 142 valence electrons. The molecule has 6 heteroatoms. The van der Waals surface area contributed by atoms with E-state index in [0.717, 1.165) is 35.2 Å². The van der Waals surface area contributed by atoms with Crippen molar-refractivity contribution in [3.8, 4) is 0 Å². The molecule has 0 bridgehead atoms. The van der Waals surface area contributed by atoms with Gasteiger partial charge in [0.2, 0.25) is 0 Å². The fourth-order valence-electron chi connectivity index (χ4n) is 2.75. The fraction of sp³-hybridized carbons (Fsp3) is 0.350. The molecule has 0 radical (unpaired) electrons. The second kappa shape index (κ2) is 11.1. The van der Waals surface area contributed by atoms with E-state index in [1.807, 2.05) is 31.2 Å². The highest BCUT2D eigenvalue weighted by Crippen LogP contribution is 2.22. The lowest BCUT2D eigenvalue weighted by atomic mass is 10.1. The summed E-state index contributed by atoms with van der Waals surface area (Å²) >= 11 is 3.52. The molecule has 0 unspecified atom stereocenters. The maximum absolute atomic E-state index is 12.1. The van der Waals surface area contributed by atoms with E-state index in [-0.39, 0.29) is 18.4 Å². The van der Waals surface area contributed by atoms with Gasteiger partial charge in [0.05, 0.1) is 0 Å². The van der Waals surface area contributed by atoms with Crippen molar-refractivity contribution < 1.29 is 17.2 Å². The Morgan fingerprint density at radius 3 is 2.42 bits per heavy atom. The zero-order valence-electron chi connectivity index (χ0n) is 15.5. The highest BCUT2D eigenvalue weighted by Gasteiger charge is 2.08. The zero-order chi connectivity index (χ0) is 18.2. The van der Waals surface area contributed by atoms with E-state index < -0.39 is 0 Å². The smallest absolute Gasteiger partial charge is 0.319 e. The van der Waals surface area contributed by atoms with Crippen LogP contribution in [0.2, 0.25) is 0 Å². The molecule has 4 nitrogen and oxygen atoms in total. The minimum absolute atomic E-state index is 0. The highest BCUT2D eigenvalue weighted by atomic mass is 79.9. The normalized spacial score (nSPS) is 10.0. The highest BCUT2D eigenvalue weighted by molar-refractivity contribution is 9.10. The maximum atomic E-state index is 12.1. The number of carbonyl (C=O) groups is 1. The molecule has 0 spiro atoms. The predicted molar refractivity (Wildman–Crippen MR) is 110 cm³/mol. The van der Waals surface area contributed by atoms with Gasteiger partial charge in [-0.3, -0.25) is 0 Å². The van der Waals surface area contributed by atoms with Gasteiger partial charge in [-0.1, -0.05) is 34.1 Å². The Kier molecular flexibility index (Phi) is 9.52. The van der Waals surface area contributed by atoms with Gasteiger partial charge in [-0.05, 0) is 62.6 Å². The Balaban J connectivity index is 0.00000338. The number of nitrogens with one attached hydrogen (secondary N) is 2. The van der Waals surface area contributed by atoms with Crippen molar-refractivity contribution in [2.45, 2.75) is 27.2 Å². The third kappa shape index (κ3) is 6.22. The summed E-state index contributed by atoms with van der Waals surface area (Å²) in [5, 5.41) is 5.85. The number of amides is 2. The number of hydrogen-bond acceptors (Lipinski definition) is 2. The molecule has 2 aromatic carbocycles. The molecule has 0 aliphatic heterocycles. The number of hydrogen-bond donors (Lipinski definition) is 2. The average molecular weight is 440 g/mol. The van der Waals surface area contributed by atoms with Crippen LogP contribution in [-0.4, -0.2) is 25.7 Å². The van der Waals surface area contributed by atoms with Crippen LogP contribution in [0.4, 0.5) is 16.2 Å². The number of benzene rings is 2. The Labute approximate surface area is 170 Å². The van der Waals surface area contributed by atoms with E-state index in [1.54, 1.807) is 0 Å². The predicted octanol–water partition coefficient (Wildman–Crippen LogP) is 1.97. The van der Waals surface area contributed by atoms with Gasteiger partial charge in [0.25, 0.3) is 0 Å². The molecule has 0 saturated heterocycles. The standard InChI is InChI=1S/C20H26BrN3O.ClH/c1-4-24(5-2)17-10-11-19(15(3)14-17)23-20(25)22-13-12-16-8-6-7-9-18(16)21;/h6-11,14H,4-5,12-13H2,1-3H3,(H2,22,23,25);1H/p-1. The van der Waals surface area contributed by atoms with Crippen LogP contribution in [0.3, 0.4) is 0 Å². The lowest BCUT2D eigenvalue weighted by molar-refractivity contribution is -0.00000827. The van der Waals surface area contributed by atoms with Crippen molar-refractivity contribution in [3.63, 3.8) is 0 Å². The van der Waals surface area contributed by atoms with Gasteiger partial charge < -0.3 is 27.9 Å². The third-order valence-electron chi connectivity index (χ3n) is 4.22. The molecule has 0 aliphatic rings. The first-order valence-corrected chi connectivity index (χ1v) is 9.48. The summed E-state index contributed by atoms with van der Waals surface area (Å²) in [5.74, 6) is 0. The SMILES string of the molecule is CCN(CC)c1ccc(NC(=O)NCCc2ccccc2Br)c(C)c1.[Cl-]. The van der Waals surface area contributed by atoms with Gasteiger partial charge in [-0.25, -0.2) is 4.79 Å². The molecule has 2 N–H and O–H groups in total. The van der Waals surface area contributed by atoms with Crippen LogP contribution in [0.1, 0.15) is 25.0 Å². The summed E-state index contributed by atoms with van der Waals surface area (Å²) < 4.78 is 1.07. The summed E-state index contributed by atoms with van der Waals surface area (Å²) in [4.78, 5) is 14.4. The first-order chi connectivity index (χ1) is 12.0. The van der Waals surface area contributed by atoms with Crippen molar-refractivity contribution in [2.24, 2.45) is 0 Å². The van der Waals surface area contributed by atoms with E-state index in [2.05, 4.69) is 63.5 Å². The minimum atomic E-state index is -0.175. The number of rotatable bonds is 7. The van der Waals surface area contributed by atoms with Crippen LogP contribution < -0.4 is 27.9 Å². The lowest BCUT2D eigenvalue weighted by Crippen LogP contribution is -3.00. The van der Waals surface area contributed by atoms with Crippen LogP contribution in [0.25, 0.3) is 0 Å². The van der Waals surface area contributed by atoms with E-state index in [9.17, 15) is 4.79 Å². The quantitative estimate of drug-likeness (QED) is 0.693. The van der Waals surface area contributed by atoms with E-state index >= 15 is 0 Å². The molecule has 0 saturated carbocycles. The minimum Gasteiger partial charge on any atom is -1.00 e. The Morgan fingerprint density at radius 1 is 1.12 bits per heavy atom. The molecule has 26 heavy (non-hydrogen) atoms. The van der Waals surface area contributed by atoms with Gasteiger partial charge >= 0.3 is 6.03 Å². The summed E-state index contributed by atoms with van der Waals surface area (Å²) in [6.45, 7) is 8.83. The summed E-state index contributed by atoms with van der Waals surface area (Å²) in [7, 11) is 0.